The molecule has 92 valence electrons. The first-order valence-electron chi connectivity index (χ1n) is 5.72. The van der Waals surface area contributed by atoms with Crippen LogP contribution in [0.1, 0.15) is 17.0 Å². The number of hydrogen-bond donors (Lipinski definition) is 2. The van der Waals surface area contributed by atoms with Gasteiger partial charge in [0, 0.05) is 0 Å². The Balaban J connectivity index is 2.25. The molecule has 3 heteroatoms. The molecule has 0 radical (unpaired) electrons. The fourth-order valence-electron chi connectivity index (χ4n) is 1.95. The van der Waals surface area contributed by atoms with Crippen LogP contribution in [0.3, 0.4) is 0 Å². The summed E-state index contributed by atoms with van der Waals surface area (Å²) >= 11 is 0. The van der Waals surface area contributed by atoms with Gasteiger partial charge in [-0.3, -0.25) is 4.79 Å². The summed E-state index contributed by atoms with van der Waals surface area (Å²) in [7, 11) is 0. The van der Waals surface area contributed by atoms with Crippen molar-refractivity contribution in [3.05, 3.63) is 65.7 Å². The van der Waals surface area contributed by atoms with Gasteiger partial charge in [0.05, 0.1) is 5.92 Å². The average Bonchev–Trinajstić information content (AvgIpc) is 2.37. The molecule has 0 saturated heterocycles. The second-order valence-electron chi connectivity index (χ2n) is 4.18. The molecule has 0 bridgehead atoms. The fraction of sp³-hybridized carbons (Fsp3) is 0.133. The average molecular weight is 242 g/mol. The normalized spacial score (nSPS) is 12.0. The number of phenolic OH excluding ortho intramolecular Hbond substituents is 1. The van der Waals surface area contributed by atoms with Crippen molar-refractivity contribution in [2.75, 3.05) is 0 Å². The predicted octanol–water partition coefficient (Wildman–Crippen LogP) is 2.80. The zero-order chi connectivity index (χ0) is 13.0. The van der Waals surface area contributed by atoms with Crippen molar-refractivity contribution in [3.63, 3.8) is 0 Å². The van der Waals surface area contributed by atoms with E-state index in [0.29, 0.717) is 6.42 Å². The molecule has 0 amide bonds. The second-order valence-corrected chi connectivity index (χ2v) is 4.18. The van der Waals surface area contributed by atoms with Crippen molar-refractivity contribution in [2.45, 2.75) is 12.3 Å². The van der Waals surface area contributed by atoms with E-state index >= 15 is 0 Å². The molecule has 2 rings (SSSR count). The summed E-state index contributed by atoms with van der Waals surface area (Å²) in [6, 6.07) is 15.8. The van der Waals surface area contributed by atoms with Crippen LogP contribution >= 0.6 is 0 Å². The Kier molecular flexibility index (Phi) is 3.63. The number of phenols is 1. The van der Waals surface area contributed by atoms with E-state index < -0.39 is 11.9 Å². The van der Waals surface area contributed by atoms with E-state index in [1.54, 1.807) is 18.2 Å². The molecule has 18 heavy (non-hydrogen) atoms. The van der Waals surface area contributed by atoms with E-state index in [1.165, 1.54) is 0 Å². The maximum Gasteiger partial charge on any atom is 0.311 e. The number of hydrogen-bond acceptors (Lipinski definition) is 2. The zero-order valence-corrected chi connectivity index (χ0v) is 9.78. The topological polar surface area (TPSA) is 57.5 Å². The van der Waals surface area contributed by atoms with Crippen LogP contribution < -0.4 is 0 Å². The van der Waals surface area contributed by atoms with Gasteiger partial charge in [-0.25, -0.2) is 0 Å². The van der Waals surface area contributed by atoms with Crippen molar-refractivity contribution in [2.24, 2.45) is 0 Å². The molecule has 0 saturated carbocycles. The Morgan fingerprint density at radius 3 is 2.39 bits per heavy atom. The highest BCUT2D eigenvalue weighted by atomic mass is 16.4. The SMILES string of the molecule is O=C(O)[C@H](Cc1cccc(O)c1)c1ccccc1. The molecule has 2 N–H and O–H groups in total. The number of rotatable bonds is 4. The number of carbonyl (C=O) groups is 1. The third-order valence-electron chi connectivity index (χ3n) is 2.85. The zero-order valence-electron chi connectivity index (χ0n) is 9.78. The molecule has 0 unspecified atom stereocenters. The van der Waals surface area contributed by atoms with Crippen LogP contribution in [0.4, 0.5) is 0 Å². The van der Waals surface area contributed by atoms with Gasteiger partial charge in [-0.15, -0.1) is 0 Å². The first kappa shape index (κ1) is 12.2. The maximum atomic E-state index is 11.3. The van der Waals surface area contributed by atoms with Crippen molar-refractivity contribution >= 4 is 5.97 Å². The fourth-order valence-corrected chi connectivity index (χ4v) is 1.95. The van der Waals surface area contributed by atoms with E-state index in [0.717, 1.165) is 11.1 Å². The number of benzene rings is 2. The quantitative estimate of drug-likeness (QED) is 0.866. The van der Waals surface area contributed by atoms with Gasteiger partial charge in [0.15, 0.2) is 0 Å². The summed E-state index contributed by atoms with van der Waals surface area (Å²) in [5, 5.41) is 18.7. The summed E-state index contributed by atoms with van der Waals surface area (Å²) in [5.41, 5.74) is 1.58. The van der Waals surface area contributed by atoms with Gasteiger partial charge < -0.3 is 10.2 Å². The molecule has 0 aromatic heterocycles. The molecule has 0 spiro atoms. The minimum atomic E-state index is -0.857. The molecule has 2 aromatic carbocycles. The number of aromatic hydroxyl groups is 1. The van der Waals surface area contributed by atoms with Crippen LogP contribution in [-0.4, -0.2) is 16.2 Å². The maximum absolute atomic E-state index is 11.3. The number of carboxylic acids is 1. The Morgan fingerprint density at radius 2 is 1.78 bits per heavy atom. The summed E-state index contributed by atoms with van der Waals surface area (Å²) in [5.74, 6) is -1.29. The van der Waals surface area contributed by atoms with Gasteiger partial charge in [-0.2, -0.15) is 0 Å². The van der Waals surface area contributed by atoms with Gasteiger partial charge in [-0.05, 0) is 29.7 Å². The Morgan fingerprint density at radius 1 is 1.06 bits per heavy atom. The lowest BCUT2D eigenvalue weighted by Crippen LogP contribution is -2.14. The summed E-state index contributed by atoms with van der Waals surface area (Å²) in [6.45, 7) is 0. The first-order chi connectivity index (χ1) is 8.66. The number of carboxylic acid groups (broad SMARTS) is 1. The van der Waals surface area contributed by atoms with Gasteiger partial charge in [0.25, 0.3) is 0 Å². The van der Waals surface area contributed by atoms with E-state index in [-0.39, 0.29) is 5.75 Å². The minimum Gasteiger partial charge on any atom is -0.508 e. The monoisotopic (exact) mass is 242 g/mol. The second kappa shape index (κ2) is 5.36. The van der Waals surface area contributed by atoms with Gasteiger partial charge in [-0.1, -0.05) is 42.5 Å². The molecule has 0 aliphatic heterocycles. The third-order valence-corrected chi connectivity index (χ3v) is 2.85. The molecule has 1 atom stereocenters. The van der Waals surface area contributed by atoms with Crippen LogP contribution in [0.5, 0.6) is 5.75 Å². The Bertz CT molecular complexity index is 534. The van der Waals surface area contributed by atoms with Gasteiger partial charge >= 0.3 is 5.97 Å². The summed E-state index contributed by atoms with van der Waals surface area (Å²) in [4.78, 5) is 11.3. The highest BCUT2D eigenvalue weighted by Crippen LogP contribution is 2.22. The molecule has 0 fully saturated rings. The van der Waals surface area contributed by atoms with Crippen molar-refractivity contribution in [1.82, 2.24) is 0 Å². The van der Waals surface area contributed by atoms with E-state index in [9.17, 15) is 15.0 Å². The molecule has 2 aromatic rings. The predicted molar refractivity (Wildman–Crippen MR) is 68.6 cm³/mol. The lowest BCUT2D eigenvalue weighted by Gasteiger charge is -2.12. The van der Waals surface area contributed by atoms with Crippen molar-refractivity contribution in [1.29, 1.82) is 0 Å². The minimum absolute atomic E-state index is 0.157. The van der Waals surface area contributed by atoms with E-state index in [4.69, 9.17) is 0 Å². The lowest BCUT2D eigenvalue weighted by molar-refractivity contribution is -0.138. The molecule has 0 heterocycles. The largest absolute Gasteiger partial charge is 0.508 e. The smallest absolute Gasteiger partial charge is 0.311 e. The Labute approximate surface area is 105 Å². The van der Waals surface area contributed by atoms with Crippen LogP contribution in [0, 0.1) is 0 Å². The van der Waals surface area contributed by atoms with Gasteiger partial charge in [0.1, 0.15) is 5.75 Å². The molecule has 0 aliphatic carbocycles. The molecular formula is C15H14O3. The molecule has 3 nitrogen and oxygen atoms in total. The van der Waals surface area contributed by atoms with Crippen LogP contribution in [-0.2, 0) is 11.2 Å². The highest BCUT2D eigenvalue weighted by molar-refractivity contribution is 5.76. The summed E-state index contributed by atoms with van der Waals surface area (Å²) < 4.78 is 0. The molecule has 0 aliphatic rings. The first-order valence-corrected chi connectivity index (χ1v) is 5.72. The third kappa shape index (κ3) is 2.88. The van der Waals surface area contributed by atoms with Gasteiger partial charge in [0.2, 0.25) is 0 Å². The van der Waals surface area contributed by atoms with E-state index in [1.807, 2.05) is 36.4 Å². The Hall–Kier alpha value is -2.29. The van der Waals surface area contributed by atoms with E-state index in [2.05, 4.69) is 0 Å². The van der Waals surface area contributed by atoms with Crippen molar-refractivity contribution in [3.8, 4) is 5.75 Å². The highest BCUT2D eigenvalue weighted by Gasteiger charge is 2.19. The standard InChI is InChI=1S/C15H14O3/c16-13-8-4-5-11(9-13)10-14(15(17)18)12-6-2-1-3-7-12/h1-9,14,16H,10H2,(H,17,18)/t14-/m1/s1. The van der Waals surface area contributed by atoms with Crippen LogP contribution in [0.2, 0.25) is 0 Å². The summed E-state index contributed by atoms with van der Waals surface area (Å²) in [6.07, 6.45) is 0.369. The van der Waals surface area contributed by atoms with Crippen molar-refractivity contribution < 1.29 is 15.0 Å². The van der Waals surface area contributed by atoms with Crippen LogP contribution in [0.15, 0.2) is 54.6 Å². The van der Waals surface area contributed by atoms with Crippen LogP contribution in [0.25, 0.3) is 0 Å². The lowest BCUT2D eigenvalue weighted by atomic mass is 9.92. The number of aliphatic carboxylic acids is 1. The molecular weight excluding hydrogens is 228 g/mol.